The summed E-state index contributed by atoms with van der Waals surface area (Å²) in [6.45, 7) is -0.627. The maximum atomic E-state index is 12.3. The Labute approximate surface area is 147 Å². The molecule has 0 fully saturated rings. The Hall–Kier alpha value is -3.69. The highest BCUT2D eigenvalue weighted by atomic mass is 16.6. The van der Waals surface area contributed by atoms with Crippen LogP contribution in [0.15, 0.2) is 36.4 Å². The molecule has 0 saturated heterocycles. The van der Waals surface area contributed by atoms with Gasteiger partial charge in [0.2, 0.25) is 5.91 Å². The predicted molar refractivity (Wildman–Crippen MR) is 90.4 cm³/mol. The largest absolute Gasteiger partial charge is 0.497 e. The molecule has 1 N–H and O–H groups in total. The van der Waals surface area contributed by atoms with Gasteiger partial charge in [0.15, 0.2) is 12.4 Å². The fraction of sp³-hybridized carbons (Fsp3) is 0.188. The molecule has 0 radical (unpaired) electrons. The zero-order chi connectivity index (χ0) is 18.7. The van der Waals surface area contributed by atoms with Gasteiger partial charge in [-0.3, -0.25) is 14.5 Å². The van der Waals surface area contributed by atoms with Crippen molar-refractivity contribution in [2.75, 3.05) is 30.5 Å². The van der Waals surface area contributed by atoms with Crippen molar-refractivity contribution < 1.29 is 24.0 Å². The van der Waals surface area contributed by atoms with Crippen LogP contribution in [0, 0.1) is 10.1 Å². The molecule has 0 atom stereocenters. The van der Waals surface area contributed by atoms with E-state index >= 15 is 0 Å². The lowest BCUT2D eigenvalue weighted by molar-refractivity contribution is -0.389. The number of amides is 2. The van der Waals surface area contributed by atoms with Crippen LogP contribution in [-0.2, 0) is 9.59 Å². The van der Waals surface area contributed by atoms with E-state index in [1.807, 2.05) is 0 Å². The van der Waals surface area contributed by atoms with Crippen LogP contribution in [0.25, 0.3) is 0 Å². The van der Waals surface area contributed by atoms with Crippen molar-refractivity contribution in [3.05, 3.63) is 46.5 Å². The first kappa shape index (κ1) is 17.1. The number of hydrogen-bond acceptors (Lipinski definition) is 7. The average molecular weight is 358 g/mol. The lowest BCUT2D eigenvalue weighted by Gasteiger charge is -2.24. The highest BCUT2D eigenvalue weighted by Crippen LogP contribution is 2.31. The number of rotatable bonds is 5. The standard InChI is InChI=1S/C16H14N4O6/c1-25-11-4-2-10(3-5-11)17-14(21)8-19-15(22)9-26-12-6-7-13(20(23)24)18-16(12)19/h2-7H,8-9H2,1H3,(H,17,21). The quantitative estimate of drug-likeness (QED) is 0.632. The topological polar surface area (TPSA) is 124 Å². The Morgan fingerprint density at radius 1 is 1.35 bits per heavy atom. The molecule has 0 unspecified atom stereocenters. The highest BCUT2D eigenvalue weighted by Gasteiger charge is 2.33. The number of anilines is 2. The molecule has 0 aliphatic carbocycles. The third-order valence-electron chi connectivity index (χ3n) is 3.60. The van der Waals surface area contributed by atoms with Gasteiger partial charge in [0, 0.05) is 11.8 Å². The van der Waals surface area contributed by atoms with Crippen molar-refractivity contribution in [1.29, 1.82) is 0 Å². The molecule has 1 aromatic carbocycles. The van der Waals surface area contributed by atoms with E-state index in [9.17, 15) is 19.7 Å². The molecule has 1 aromatic heterocycles. The lowest BCUT2D eigenvalue weighted by Crippen LogP contribution is -2.44. The molecule has 1 aliphatic rings. The Balaban J connectivity index is 1.78. The summed E-state index contributed by atoms with van der Waals surface area (Å²) in [6.07, 6.45) is 0. The van der Waals surface area contributed by atoms with Gasteiger partial charge >= 0.3 is 5.82 Å². The Morgan fingerprint density at radius 3 is 2.73 bits per heavy atom. The second-order valence-corrected chi connectivity index (χ2v) is 5.29. The molecule has 1 aliphatic heterocycles. The van der Waals surface area contributed by atoms with Gasteiger partial charge in [-0.05, 0) is 40.2 Å². The number of nitro groups is 1. The average Bonchev–Trinajstić information content (AvgIpc) is 2.64. The van der Waals surface area contributed by atoms with Crippen LogP contribution < -0.4 is 19.7 Å². The van der Waals surface area contributed by atoms with Crippen LogP contribution in [0.2, 0.25) is 0 Å². The molecule has 10 nitrogen and oxygen atoms in total. The third kappa shape index (κ3) is 3.53. The fourth-order valence-corrected chi connectivity index (χ4v) is 2.35. The van der Waals surface area contributed by atoms with Crippen LogP contribution in [-0.4, -0.2) is 42.0 Å². The van der Waals surface area contributed by atoms with E-state index in [4.69, 9.17) is 9.47 Å². The van der Waals surface area contributed by atoms with E-state index in [0.717, 1.165) is 4.90 Å². The molecule has 10 heteroatoms. The Morgan fingerprint density at radius 2 is 2.08 bits per heavy atom. The van der Waals surface area contributed by atoms with Gasteiger partial charge in [-0.1, -0.05) is 0 Å². The number of carbonyl (C=O) groups excluding carboxylic acids is 2. The summed E-state index contributed by atoms with van der Waals surface area (Å²) < 4.78 is 10.2. The van der Waals surface area contributed by atoms with Crippen LogP contribution in [0.1, 0.15) is 0 Å². The van der Waals surface area contributed by atoms with E-state index in [2.05, 4.69) is 10.3 Å². The Bertz CT molecular complexity index is 868. The molecule has 2 heterocycles. The van der Waals surface area contributed by atoms with Crippen molar-refractivity contribution in [2.45, 2.75) is 0 Å². The van der Waals surface area contributed by atoms with Gasteiger partial charge < -0.3 is 24.9 Å². The summed E-state index contributed by atoms with van der Waals surface area (Å²) in [5.74, 6) is -0.660. The summed E-state index contributed by atoms with van der Waals surface area (Å²) in [5, 5.41) is 13.5. The van der Waals surface area contributed by atoms with Crippen LogP contribution in [0.3, 0.4) is 0 Å². The fourth-order valence-electron chi connectivity index (χ4n) is 2.35. The summed E-state index contributed by atoms with van der Waals surface area (Å²) in [6, 6.07) is 9.17. The minimum atomic E-state index is -0.686. The maximum Gasteiger partial charge on any atom is 0.366 e. The van der Waals surface area contributed by atoms with Crippen molar-refractivity contribution in [3.8, 4) is 11.5 Å². The number of aromatic nitrogens is 1. The van der Waals surface area contributed by atoms with E-state index in [0.29, 0.717) is 11.4 Å². The van der Waals surface area contributed by atoms with Crippen LogP contribution >= 0.6 is 0 Å². The van der Waals surface area contributed by atoms with E-state index in [-0.39, 0.29) is 24.7 Å². The first-order chi connectivity index (χ1) is 12.5. The number of carbonyl (C=O) groups is 2. The van der Waals surface area contributed by atoms with Gasteiger partial charge in [0.05, 0.1) is 7.11 Å². The van der Waals surface area contributed by atoms with Gasteiger partial charge in [-0.2, -0.15) is 0 Å². The molecule has 26 heavy (non-hydrogen) atoms. The van der Waals surface area contributed by atoms with Crippen molar-refractivity contribution in [1.82, 2.24) is 4.98 Å². The van der Waals surface area contributed by atoms with E-state index in [1.165, 1.54) is 19.2 Å². The first-order valence-corrected chi connectivity index (χ1v) is 7.50. The van der Waals surface area contributed by atoms with Crippen molar-refractivity contribution >= 4 is 29.1 Å². The zero-order valence-corrected chi connectivity index (χ0v) is 13.7. The van der Waals surface area contributed by atoms with Gasteiger partial charge in [-0.25, -0.2) is 0 Å². The molecular weight excluding hydrogens is 344 g/mol. The molecule has 2 aromatic rings. The van der Waals surface area contributed by atoms with Crippen LogP contribution in [0.4, 0.5) is 17.3 Å². The van der Waals surface area contributed by atoms with Crippen molar-refractivity contribution in [2.24, 2.45) is 0 Å². The number of fused-ring (bicyclic) bond motifs is 1. The highest BCUT2D eigenvalue weighted by molar-refractivity contribution is 6.04. The summed E-state index contributed by atoms with van der Waals surface area (Å²) in [4.78, 5) is 39.5. The minimum absolute atomic E-state index is 0.0552. The smallest absolute Gasteiger partial charge is 0.366 e. The van der Waals surface area contributed by atoms with Gasteiger partial charge in [0.25, 0.3) is 11.7 Å². The van der Waals surface area contributed by atoms with Crippen molar-refractivity contribution in [3.63, 3.8) is 0 Å². The number of pyridine rings is 1. The normalized spacial score (nSPS) is 12.8. The first-order valence-electron chi connectivity index (χ1n) is 7.50. The summed E-state index contributed by atoms with van der Waals surface area (Å²) >= 11 is 0. The lowest BCUT2D eigenvalue weighted by atomic mass is 10.3. The predicted octanol–water partition coefficient (Wildman–Crippen LogP) is 1.36. The Kier molecular flexibility index (Phi) is 4.65. The number of ether oxygens (including phenoxy) is 2. The molecular formula is C16H14N4O6. The number of methoxy groups -OCH3 is 1. The molecule has 2 amide bonds. The second kappa shape index (κ2) is 7.05. The molecule has 0 bridgehead atoms. The summed E-state index contributed by atoms with van der Waals surface area (Å²) in [5.41, 5.74) is 0.517. The van der Waals surface area contributed by atoms with E-state index in [1.54, 1.807) is 24.3 Å². The number of benzene rings is 1. The SMILES string of the molecule is COc1ccc(NC(=O)CN2C(=O)COc3ccc([N+](=O)[O-])nc32)cc1. The molecule has 0 saturated carbocycles. The van der Waals surface area contributed by atoms with Gasteiger partial charge in [0.1, 0.15) is 12.3 Å². The van der Waals surface area contributed by atoms with E-state index < -0.39 is 22.6 Å². The van der Waals surface area contributed by atoms with Gasteiger partial charge in [-0.15, -0.1) is 0 Å². The monoisotopic (exact) mass is 358 g/mol. The molecule has 0 spiro atoms. The minimum Gasteiger partial charge on any atom is -0.497 e. The summed E-state index contributed by atoms with van der Waals surface area (Å²) in [7, 11) is 1.53. The molecule has 134 valence electrons. The molecule has 3 rings (SSSR count). The maximum absolute atomic E-state index is 12.3. The zero-order valence-electron chi connectivity index (χ0n) is 13.7. The number of nitrogens with zero attached hydrogens (tertiary/aromatic N) is 3. The second-order valence-electron chi connectivity index (χ2n) is 5.29. The number of nitrogens with one attached hydrogen (secondary N) is 1. The van der Waals surface area contributed by atoms with Crippen LogP contribution in [0.5, 0.6) is 11.5 Å². The third-order valence-corrected chi connectivity index (χ3v) is 3.60. The number of hydrogen-bond donors (Lipinski definition) is 1.